The molecule has 0 aliphatic rings. The molecule has 0 aliphatic carbocycles. The van der Waals surface area contributed by atoms with Crippen LogP contribution in [0.5, 0.6) is 0 Å². The fourth-order valence-corrected chi connectivity index (χ4v) is 2.19. The lowest BCUT2D eigenvalue weighted by molar-refractivity contribution is 0.0908. The van der Waals surface area contributed by atoms with E-state index in [0.717, 1.165) is 24.8 Å². The molecule has 118 valence electrons. The van der Waals surface area contributed by atoms with Crippen LogP contribution in [0.25, 0.3) is 11.3 Å². The first kappa shape index (κ1) is 16.2. The Morgan fingerprint density at radius 2 is 2.00 bits per heavy atom. The first-order valence-corrected chi connectivity index (χ1v) is 7.50. The minimum absolute atomic E-state index is 0.0492. The highest BCUT2D eigenvalue weighted by molar-refractivity contribution is 5.92. The molecule has 1 amide bonds. The third kappa shape index (κ3) is 4.18. The normalized spacial score (nSPS) is 12.1. The lowest BCUT2D eigenvalue weighted by Crippen LogP contribution is -2.40. The smallest absolute Gasteiger partial charge is 0.287 e. The van der Waals surface area contributed by atoms with Crippen LogP contribution >= 0.6 is 0 Å². The molecule has 3 N–H and O–H groups in total. The van der Waals surface area contributed by atoms with Crippen molar-refractivity contribution in [2.24, 2.45) is 5.73 Å². The third-order valence-corrected chi connectivity index (χ3v) is 3.48. The van der Waals surface area contributed by atoms with Crippen molar-refractivity contribution in [3.05, 3.63) is 48.0 Å². The largest absolute Gasteiger partial charge is 0.451 e. The Morgan fingerprint density at radius 3 is 2.64 bits per heavy atom. The number of hydrogen-bond donors (Lipinski definition) is 2. The Labute approximate surface area is 129 Å². The van der Waals surface area contributed by atoms with E-state index in [1.54, 1.807) is 24.3 Å². The predicted molar refractivity (Wildman–Crippen MR) is 83.9 cm³/mol. The summed E-state index contributed by atoms with van der Waals surface area (Å²) in [7, 11) is 0. The quantitative estimate of drug-likeness (QED) is 0.824. The summed E-state index contributed by atoms with van der Waals surface area (Å²) in [5.74, 6) is 0.173. The van der Waals surface area contributed by atoms with Crippen LogP contribution < -0.4 is 11.1 Å². The number of carbonyl (C=O) groups excluding carboxylic acids is 1. The molecule has 0 spiro atoms. The Morgan fingerprint density at radius 1 is 1.27 bits per heavy atom. The van der Waals surface area contributed by atoms with E-state index in [1.165, 1.54) is 12.1 Å². The predicted octanol–water partition coefficient (Wildman–Crippen LogP) is 3.33. The summed E-state index contributed by atoms with van der Waals surface area (Å²) in [6, 6.07) is 9.19. The molecule has 22 heavy (non-hydrogen) atoms. The van der Waals surface area contributed by atoms with Gasteiger partial charge in [0, 0.05) is 18.2 Å². The van der Waals surface area contributed by atoms with Gasteiger partial charge in [0.1, 0.15) is 11.6 Å². The molecule has 1 aromatic heterocycles. The van der Waals surface area contributed by atoms with Crippen molar-refractivity contribution in [1.82, 2.24) is 5.32 Å². The number of halogens is 1. The van der Waals surface area contributed by atoms with E-state index in [0.29, 0.717) is 12.3 Å². The second-order valence-electron chi connectivity index (χ2n) is 5.22. The maximum absolute atomic E-state index is 12.9. The van der Waals surface area contributed by atoms with Crippen molar-refractivity contribution >= 4 is 5.91 Å². The maximum atomic E-state index is 12.9. The molecule has 5 heteroatoms. The number of benzene rings is 1. The lowest BCUT2D eigenvalue weighted by atomic mass is 10.1. The lowest BCUT2D eigenvalue weighted by Gasteiger charge is -2.15. The van der Waals surface area contributed by atoms with E-state index < -0.39 is 0 Å². The molecule has 4 nitrogen and oxygen atoms in total. The van der Waals surface area contributed by atoms with Gasteiger partial charge in [0.25, 0.3) is 5.91 Å². The molecule has 0 bridgehead atoms. The molecule has 1 heterocycles. The van der Waals surface area contributed by atoms with Crippen molar-refractivity contribution in [2.75, 3.05) is 6.54 Å². The van der Waals surface area contributed by atoms with Crippen molar-refractivity contribution in [3.8, 4) is 11.3 Å². The molecular formula is C17H21FN2O2. The van der Waals surface area contributed by atoms with Gasteiger partial charge in [-0.05, 0) is 42.8 Å². The third-order valence-electron chi connectivity index (χ3n) is 3.48. The Hall–Kier alpha value is -2.14. The standard InChI is InChI=1S/C17H21FN2O2/c1-2-3-4-14(11-19)20-17(21)16-10-9-15(22-16)12-5-7-13(18)8-6-12/h5-10,14H,2-4,11,19H2,1H3,(H,20,21). The van der Waals surface area contributed by atoms with Crippen molar-refractivity contribution in [2.45, 2.75) is 32.2 Å². The molecular weight excluding hydrogens is 283 g/mol. The average Bonchev–Trinajstić information content (AvgIpc) is 3.02. The summed E-state index contributed by atoms with van der Waals surface area (Å²) in [5, 5.41) is 2.87. The monoisotopic (exact) mass is 304 g/mol. The molecule has 0 fully saturated rings. The minimum Gasteiger partial charge on any atom is -0.451 e. The molecule has 0 radical (unpaired) electrons. The van der Waals surface area contributed by atoms with Gasteiger partial charge in [-0.3, -0.25) is 4.79 Å². The molecule has 1 unspecified atom stereocenters. The van der Waals surface area contributed by atoms with Gasteiger partial charge in [-0.1, -0.05) is 19.8 Å². The topological polar surface area (TPSA) is 68.3 Å². The second-order valence-corrected chi connectivity index (χ2v) is 5.22. The van der Waals surface area contributed by atoms with Crippen LogP contribution in [0.3, 0.4) is 0 Å². The number of rotatable bonds is 7. The van der Waals surface area contributed by atoms with E-state index >= 15 is 0 Å². The zero-order valence-electron chi connectivity index (χ0n) is 12.6. The van der Waals surface area contributed by atoms with Crippen LogP contribution in [0.15, 0.2) is 40.8 Å². The fourth-order valence-electron chi connectivity index (χ4n) is 2.19. The van der Waals surface area contributed by atoms with E-state index in [2.05, 4.69) is 12.2 Å². The zero-order chi connectivity index (χ0) is 15.9. The molecule has 2 aromatic rings. The van der Waals surface area contributed by atoms with Crippen LogP contribution in [-0.4, -0.2) is 18.5 Å². The number of nitrogens with one attached hydrogen (secondary N) is 1. The minimum atomic E-state index is -0.310. The summed E-state index contributed by atoms with van der Waals surface area (Å²) < 4.78 is 18.5. The van der Waals surface area contributed by atoms with Gasteiger partial charge < -0.3 is 15.5 Å². The highest BCUT2D eigenvalue weighted by Crippen LogP contribution is 2.22. The average molecular weight is 304 g/mol. The number of amides is 1. The molecule has 0 saturated carbocycles. The van der Waals surface area contributed by atoms with Crippen LogP contribution in [-0.2, 0) is 0 Å². The number of carbonyl (C=O) groups is 1. The zero-order valence-corrected chi connectivity index (χ0v) is 12.6. The van der Waals surface area contributed by atoms with E-state index in [9.17, 15) is 9.18 Å². The molecule has 1 atom stereocenters. The SMILES string of the molecule is CCCCC(CN)NC(=O)c1ccc(-c2ccc(F)cc2)o1. The number of nitrogens with two attached hydrogens (primary N) is 1. The maximum Gasteiger partial charge on any atom is 0.287 e. The fraction of sp³-hybridized carbons (Fsp3) is 0.353. The van der Waals surface area contributed by atoms with Gasteiger partial charge in [0.2, 0.25) is 0 Å². The first-order chi connectivity index (χ1) is 10.6. The molecule has 0 aliphatic heterocycles. The van der Waals surface area contributed by atoms with Gasteiger partial charge in [-0.25, -0.2) is 4.39 Å². The number of furan rings is 1. The first-order valence-electron chi connectivity index (χ1n) is 7.50. The van der Waals surface area contributed by atoms with Crippen LogP contribution in [0.1, 0.15) is 36.7 Å². The second kappa shape index (κ2) is 7.75. The number of unbranched alkanes of at least 4 members (excludes halogenated alkanes) is 1. The van der Waals surface area contributed by atoms with Gasteiger partial charge in [-0.2, -0.15) is 0 Å². The Balaban J connectivity index is 2.03. The summed E-state index contributed by atoms with van der Waals surface area (Å²) in [4.78, 5) is 12.2. The summed E-state index contributed by atoms with van der Waals surface area (Å²) in [6.45, 7) is 2.49. The molecule has 2 rings (SSSR count). The van der Waals surface area contributed by atoms with Gasteiger partial charge in [-0.15, -0.1) is 0 Å². The summed E-state index contributed by atoms with van der Waals surface area (Å²) in [6.07, 6.45) is 2.92. The Kier molecular flexibility index (Phi) is 5.72. The van der Waals surface area contributed by atoms with Gasteiger partial charge in [0.15, 0.2) is 5.76 Å². The Bertz CT molecular complexity index is 607. The van der Waals surface area contributed by atoms with Crippen LogP contribution in [0.4, 0.5) is 4.39 Å². The summed E-state index contributed by atoms with van der Waals surface area (Å²) in [5.41, 5.74) is 6.39. The highest BCUT2D eigenvalue weighted by Gasteiger charge is 2.16. The van der Waals surface area contributed by atoms with Crippen molar-refractivity contribution in [3.63, 3.8) is 0 Å². The van der Waals surface area contributed by atoms with E-state index in [1.807, 2.05) is 0 Å². The molecule has 1 aromatic carbocycles. The van der Waals surface area contributed by atoms with Crippen LogP contribution in [0.2, 0.25) is 0 Å². The van der Waals surface area contributed by atoms with Crippen molar-refractivity contribution < 1.29 is 13.6 Å². The van der Waals surface area contributed by atoms with Gasteiger partial charge in [0.05, 0.1) is 0 Å². The van der Waals surface area contributed by atoms with E-state index in [4.69, 9.17) is 10.2 Å². The van der Waals surface area contributed by atoms with Crippen molar-refractivity contribution in [1.29, 1.82) is 0 Å². The highest BCUT2D eigenvalue weighted by atomic mass is 19.1. The number of hydrogen-bond acceptors (Lipinski definition) is 3. The van der Waals surface area contributed by atoms with Crippen LogP contribution in [0, 0.1) is 5.82 Å². The van der Waals surface area contributed by atoms with Gasteiger partial charge >= 0.3 is 0 Å². The van der Waals surface area contributed by atoms with E-state index in [-0.39, 0.29) is 23.5 Å². The molecule has 0 saturated heterocycles. The summed E-state index contributed by atoms with van der Waals surface area (Å²) >= 11 is 0.